The Bertz CT molecular complexity index is 707. The molecule has 4 rings (SSSR count). The Kier molecular flexibility index (Phi) is 2.64. The molecule has 0 saturated heterocycles. The van der Waals surface area contributed by atoms with E-state index in [0.717, 1.165) is 16.7 Å². The number of hydrogen-bond donors (Lipinski definition) is 0. The van der Waals surface area contributed by atoms with Crippen LogP contribution in [0.2, 0.25) is 0 Å². The van der Waals surface area contributed by atoms with E-state index >= 15 is 0 Å². The fourth-order valence-corrected chi connectivity index (χ4v) is 2.13. The highest BCUT2D eigenvalue weighted by atomic mass is 16.3. The van der Waals surface area contributed by atoms with Crippen LogP contribution in [0.4, 0.5) is 0 Å². The van der Waals surface area contributed by atoms with Gasteiger partial charge in [0.05, 0.1) is 18.6 Å². The minimum atomic E-state index is 0.664. The Labute approximate surface area is 119 Å². The van der Waals surface area contributed by atoms with E-state index in [1.165, 1.54) is 19.2 Å². The normalized spacial score (nSPS) is 10.9. The van der Waals surface area contributed by atoms with Crippen molar-refractivity contribution in [3.63, 3.8) is 0 Å². The molecule has 0 aliphatic heterocycles. The van der Waals surface area contributed by atoms with E-state index in [1.54, 1.807) is 18.6 Å². The van der Waals surface area contributed by atoms with E-state index in [1.807, 2.05) is 18.2 Å². The topological polar surface area (TPSA) is 78.1 Å². The Hall–Kier alpha value is -3.15. The molecular weight excluding hydrogens is 270 g/mol. The van der Waals surface area contributed by atoms with Gasteiger partial charge in [-0.1, -0.05) is 0 Å². The lowest BCUT2D eigenvalue weighted by Gasteiger charge is -2.04. The summed E-state index contributed by atoms with van der Waals surface area (Å²) in [6.45, 7) is 0. The summed E-state index contributed by atoms with van der Waals surface area (Å²) in [4.78, 5) is 11.8. The predicted molar refractivity (Wildman–Crippen MR) is 72.9 cm³/mol. The number of hydrogen-bond acceptors (Lipinski definition) is 6. The highest BCUT2D eigenvalue weighted by molar-refractivity contribution is 5.75. The molecule has 0 aliphatic carbocycles. The van der Waals surface area contributed by atoms with Gasteiger partial charge in [-0.15, -0.1) is 0 Å². The van der Waals surface area contributed by atoms with E-state index in [2.05, 4.69) is 15.0 Å². The zero-order valence-electron chi connectivity index (χ0n) is 10.8. The van der Waals surface area contributed by atoms with Gasteiger partial charge in [0, 0.05) is 16.7 Å². The molecule has 0 unspecified atom stereocenters. The van der Waals surface area contributed by atoms with Crippen LogP contribution >= 0.6 is 0 Å². The van der Waals surface area contributed by atoms with Crippen molar-refractivity contribution in [3.8, 4) is 34.0 Å². The van der Waals surface area contributed by atoms with Gasteiger partial charge >= 0.3 is 0 Å². The lowest BCUT2D eigenvalue weighted by Crippen LogP contribution is -1.83. The summed E-state index contributed by atoms with van der Waals surface area (Å²) in [6, 6.07) is 5.84. The average molecular weight is 279 g/mol. The first kappa shape index (κ1) is 11.7. The van der Waals surface area contributed by atoms with Crippen molar-refractivity contribution >= 4 is 0 Å². The maximum atomic E-state index is 5.36. The van der Waals surface area contributed by atoms with Gasteiger partial charge in [-0.25, -0.2) is 15.0 Å². The molecule has 0 N–H and O–H groups in total. The van der Waals surface area contributed by atoms with Gasteiger partial charge in [-0.05, 0) is 18.2 Å². The van der Waals surface area contributed by atoms with Crippen LogP contribution in [-0.2, 0) is 0 Å². The van der Waals surface area contributed by atoms with Crippen LogP contribution < -0.4 is 0 Å². The maximum Gasteiger partial charge on any atom is 0.181 e. The van der Waals surface area contributed by atoms with E-state index in [0.29, 0.717) is 17.3 Å². The number of nitrogens with zero attached hydrogens (tertiary/aromatic N) is 3. The fraction of sp³-hybridized carbons (Fsp3) is 0. The molecule has 0 amide bonds. The van der Waals surface area contributed by atoms with E-state index in [9.17, 15) is 0 Å². The molecule has 1 aromatic carbocycles. The van der Waals surface area contributed by atoms with Gasteiger partial charge in [0.1, 0.15) is 0 Å². The Morgan fingerprint density at radius 1 is 0.524 bits per heavy atom. The van der Waals surface area contributed by atoms with Crippen LogP contribution in [-0.4, -0.2) is 15.0 Å². The smallest absolute Gasteiger partial charge is 0.181 e. The second kappa shape index (κ2) is 4.75. The standard InChI is InChI=1S/C15H9N3O3/c1-10(13-4-16-7-19-13)2-12(15-6-18-9-21-15)3-11(1)14-5-17-8-20-14/h1-9H. The number of aromatic nitrogens is 3. The van der Waals surface area contributed by atoms with Crippen molar-refractivity contribution in [2.45, 2.75) is 0 Å². The molecule has 3 heterocycles. The molecule has 0 fully saturated rings. The van der Waals surface area contributed by atoms with Crippen LogP contribution in [0.5, 0.6) is 0 Å². The molecule has 4 aromatic rings. The van der Waals surface area contributed by atoms with Gasteiger partial charge in [0.25, 0.3) is 0 Å². The first-order valence-electron chi connectivity index (χ1n) is 6.22. The van der Waals surface area contributed by atoms with Crippen LogP contribution in [0.3, 0.4) is 0 Å². The Balaban J connectivity index is 1.92. The summed E-state index contributed by atoms with van der Waals surface area (Å²) in [5.41, 5.74) is 2.61. The molecule has 0 aliphatic rings. The molecule has 6 heteroatoms. The molecule has 0 radical (unpaired) electrons. The van der Waals surface area contributed by atoms with Crippen LogP contribution in [0.1, 0.15) is 0 Å². The molecule has 102 valence electrons. The van der Waals surface area contributed by atoms with Gasteiger partial charge in [0.2, 0.25) is 0 Å². The monoisotopic (exact) mass is 279 g/mol. The Morgan fingerprint density at radius 2 is 0.857 bits per heavy atom. The Morgan fingerprint density at radius 3 is 1.10 bits per heavy atom. The number of benzene rings is 1. The minimum Gasteiger partial charge on any atom is -0.444 e. The molecule has 0 saturated carbocycles. The van der Waals surface area contributed by atoms with Crippen molar-refractivity contribution in [2.24, 2.45) is 0 Å². The largest absolute Gasteiger partial charge is 0.444 e. The molecule has 21 heavy (non-hydrogen) atoms. The zero-order valence-corrected chi connectivity index (χ0v) is 10.8. The highest BCUT2D eigenvalue weighted by Crippen LogP contribution is 2.32. The summed E-state index contributed by atoms with van der Waals surface area (Å²) in [6.07, 6.45) is 9.15. The average Bonchev–Trinajstić information content (AvgIpc) is 3.29. The van der Waals surface area contributed by atoms with Crippen molar-refractivity contribution in [1.82, 2.24) is 15.0 Å². The van der Waals surface area contributed by atoms with Crippen molar-refractivity contribution in [1.29, 1.82) is 0 Å². The molecular formula is C15H9N3O3. The maximum absolute atomic E-state index is 5.36. The van der Waals surface area contributed by atoms with Crippen LogP contribution in [0, 0.1) is 0 Å². The summed E-state index contributed by atoms with van der Waals surface area (Å²) >= 11 is 0. The SMILES string of the molecule is c1ncc(-c2cc(-c3cnco3)cc(-c3cnco3)c2)o1. The lowest BCUT2D eigenvalue weighted by atomic mass is 10.0. The highest BCUT2D eigenvalue weighted by Gasteiger charge is 2.12. The predicted octanol–water partition coefficient (Wildman–Crippen LogP) is 3.65. The third-order valence-electron chi connectivity index (χ3n) is 3.08. The van der Waals surface area contributed by atoms with Gasteiger partial charge in [-0.3, -0.25) is 0 Å². The summed E-state index contributed by atoms with van der Waals surface area (Å²) in [5.74, 6) is 1.99. The fourth-order valence-electron chi connectivity index (χ4n) is 2.13. The van der Waals surface area contributed by atoms with Crippen molar-refractivity contribution < 1.29 is 13.3 Å². The van der Waals surface area contributed by atoms with Crippen LogP contribution in [0.25, 0.3) is 34.0 Å². The molecule has 0 spiro atoms. The van der Waals surface area contributed by atoms with E-state index in [-0.39, 0.29) is 0 Å². The van der Waals surface area contributed by atoms with Crippen LogP contribution in [0.15, 0.2) is 69.2 Å². The second-order valence-corrected chi connectivity index (χ2v) is 4.40. The molecule has 3 aromatic heterocycles. The number of oxazole rings is 3. The van der Waals surface area contributed by atoms with Crippen molar-refractivity contribution in [2.75, 3.05) is 0 Å². The van der Waals surface area contributed by atoms with E-state index < -0.39 is 0 Å². The van der Waals surface area contributed by atoms with Gasteiger partial charge < -0.3 is 13.3 Å². The summed E-state index contributed by atoms with van der Waals surface area (Å²) < 4.78 is 16.1. The zero-order chi connectivity index (χ0) is 14.1. The third kappa shape index (κ3) is 2.12. The lowest BCUT2D eigenvalue weighted by molar-refractivity contribution is 0.568. The summed E-state index contributed by atoms with van der Waals surface area (Å²) in [7, 11) is 0. The summed E-state index contributed by atoms with van der Waals surface area (Å²) in [5, 5.41) is 0. The van der Waals surface area contributed by atoms with Crippen molar-refractivity contribution in [3.05, 3.63) is 56.0 Å². The third-order valence-corrected chi connectivity index (χ3v) is 3.08. The molecule has 6 nitrogen and oxygen atoms in total. The first-order chi connectivity index (χ1) is 10.4. The quantitative estimate of drug-likeness (QED) is 0.569. The van der Waals surface area contributed by atoms with Gasteiger partial charge in [-0.2, -0.15) is 0 Å². The second-order valence-electron chi connectivity index (χ2n) is 4.40. The van der Waals surface area contributed by atoms with Gasteiger partial charge in [0.15, 0.2) is 36.5 Å². The molecule has 0 bridgehead atoms. The van der Waals surface area contributed by atoms with E-state index in [4.69, 9.17) is 13.3 Å². The minimum absolute atomic E-state index is 0.664. The number of rotatable bonds is 3. The molecule has 0 atom stereocenters. The first-order valence-corrected chi connectivity index (χ1v) is 6.22.